The lowest BCUT2D eigenvalue weighted by molar-refractivity contribution is 0.137. The van der Waals surface area contributed by atoms with E-state index in [1.165, 1.54) is 18.9 Å². The number of rotatable bonds is 6. The van der Waals surface area contributed by atoms with Crippen molar-refractivity contribution < 1.29 is 13.6 Å². The van der Waals surface area contributed by atoms with Crippen LogP contribution in [0.1, 0.15) is 33.1 Å². The number of hydrogen-bond donors (Lipinski definition) is 2. The third-order valence-corrected chi connectivity index (χ3v) is 5.98. The molecule has 156 valence electrons. The highest BCUT2D eigenvalue weighted by Gasteiger charge is 2.24. The maximum absolute atomic E-state index is 13.4. The molecule has 0 aliphatic carbocycles. The molecule has 2 saturated heterocycles. The van der Waals surface area contributed by atoms with Gasteiger partial charge in [0.05, 0.1) is 0 Å². The van der Waals surface area contributed by atoms with Crippen molar-refractivity contribution >= 4 is 11.7 Å². The van der Waals surface area contributed by atoms with Crippen LogP contribution >= 0.6 is 0 Å². The standard InChI is InChI=1S/C21H32F2N4O/c1-15-4-3-8-26(13-15)16(2)11-24-21(28)25-12-17-7-9-27(14-17)18-5-6-19(22)20(23)10-18/h5-6,10,15-17H,3-4,7-9,11-14H2,1-2H3,(H2,24,25,28)/t15-,16+,17-/m1/s1. The molecule has 7 heteroatoms. The molecule has 1 aromatic rings. The van der Waals surface area contributed by atoms with Crippen LogP contribution in [-0.4, -0.2) is 56.2 Å². The van der Waals surface area contributed by atoms with Gasteiger partial charge < -0.3 is 15.5 Å². The SMILES string of the molecule is C[C@@H]1CCCN([C@@H](C)CNC(=O)NC[C@H]2CCN(c3ccc(F)c(F)c3)C2)C1. The van der Waals surface area contributed by atoms with Gasteiger partial charge in [-0.3, -0.25) is 4.90 Å². The number of carbonyl (C=O) groups is 1. The molecule has 0 saturated carbocycles. The van der Waals surface area contributed by atoms with E-state index in [2.05, 4.69) is 29.4 Å². The summed E-state index contributed by atoms with van der Waals surface area (Å²) in [5.74, 6) is -0.620. The van der Waals surface area contributed by atoms with E-state index in [0.717, 1.165) is 44.6 Å². The van der Waals surface area contributed by atoms with Crippen molar-refractivity contribution in [2.45, 2.75) is 39.2 Å². The van der Waals surface area contributed by atoms with Crippen LogP contribution in [0.5, 0.6) is 0 Å². The minimum absolute atomic E-state index is 0.136. The highest BCUT2D eigenvalue weighted by Crippen LogP contribution is 2.25. The normalized spacial score (nSPS) is 24.2. The van der Waals surface area contributed by atoms with Crippen LogP contribution in [0.25, 0.3) is 0 Å². The van der Waals surface area contributed by atoms with Gasteiger partial charge in [-0.05, 0) is 56.7 Å². The summed E-state index contributed by atoms with van der Waals surface area (Å²) in [6.45, 7) is 9.39. The van der Waals surface area contributed by atoms with E-state index in [1.807, 2.05) is 4.90 Å². The lowest BCUT2D eigenvalue weighted by Gasteiger charge is -2.35. The first-order chi connectivity index (χ1) is 13.4. The van der Waals surface area contributed by atoms with Crippen molar-refractivity contribution in [3.63, 3.8) is 0 Å². The molecule has 2 aliphatic rings. The molecule has 3 atom stereocenters. The summed E-state index contributed by atoms with van der Waals surface area (Å²) < 4.78 is 26.5. The smallest absolute Gasteiger partial charge is 0.314 e. The molecule has 0 spiro atoms. The first kappa shape index (κ1) is 20.8. The van der Waals surface area contributed by atoms with E-state index in [1.54, 1.807) is 6.07 Å². The average molecular weight is 395 g/mol. The van der Waals surface area contributed by atoms with Gasteiger partial charge in [0.2, 0.25) is 0 Å². The van der Waals surface area contributed by atoms with E-state index in [4.69, 9.17) is 0 Å². The number of benzene rings is 1. The van der Waals surface area contributed by atoms with Crippen LogP contribution < -0.4 is 15.5 Å². The molecule has 0 unspecified atom stereocenters. The summed E-state index contributed by atoms with van der Waals surface area (Å²) >= 11 is 0. The second-order valence-corrected chi connectivity index (χ2v) is 8.38. The van der Waals surface area contributed by atoms with Gasteiger partial charge >= 0.3 is 6.03 Å². The highest BCUT2D eigenvalue weighted by molar-refractivity contribution is 5.73. The summed E-state index contributed by atoms with van der Waals surface area (Å²) in [5, 5.41) is 5.93. The topological polar surface area (TPSA) is 47.6 Å². The monoisotopic (exact) mass is 394 g/mol. The maximum Gasteiger partial charge on any atom is 0.314 e. The number of piperidine rings is 1. The predicted molar refractivity (Wildman–Crippen MR) is 108 cm³/mol. The zero-order valence-corrected chi connectivity index (χ0v) is 16.9. The Labute approximate surface area is 166 Å². The Morgan fingerprint density at radius 2 is 2.00 bits per heavy atom. The Morgan fingerprint density at radius 3 is 2.75 bits per heavy atom. The first-order valence-electron chi connectivity index (χ1n) is 10.4. The maximum atomic E-state index is 13.4. The minimum Gasteiger partial charge on any atom is -0.371 e. The number of urea groups is 1. The van der Waals surface area contributed by atoms with Gasteiger partial charge in [0.1, 0.15) is 0 Å². The van der Waals surface area contributed by atoms with Crippen LogP contribution in [0, 0.1) is 23.5 Å². The summed E-state index contributed by atoms with van der Waals surface area (Å²) in [6, 6.07) is 4.20. The molecule has 2 aliphatic heterocycles. The molecule has 3 rings (SSSR count). The molecule has 2 fully saturated rings. The summed E-state index contributed by atoms with van der Waals surface area (Å²) in [4.78, 5) is 16.6. The quantitative estimate of drug-likeness (QED) is 0.779. The minimum atomic E-state index is -0.828. The molecule has 28 heavy (non-hydrogen) atoms. The Morgan fingerprint density at radius 1 is 1.18 bits per heavy atom. The molecule has 0 bridgehead atoms. The Bertz CT molecular complexity index is 672. The predicted octanol–water partition coefficient (Wildman–Crippen LogP) is 3.21. The van der Waals surface area contributed by atoms with Crippen molar-refractivity contribution in [3.8, 4) is 0 Å². The molecule has 2 heterocycles. The zero-order valence-electron chi connectivity index (χ0n) is 16.9. The van der Waals surface area contributed by atoms with Gasteiger partial charge in [0, 0.05) is 50.5 Å². The summed E-state index contributed by atoms with van der Waals surface area (Å²) in [6.07, 6.45) is 3.44. The number of nitrogens with one attached hydrogen (secondary N) is 2. The van der Waals surface area contributed by atoms with E-state index in [0.29, 0.717) is 30.7 Å². The number of carbonyl (C=O) groups excluding carboxylic acids is 1. The second-order valence-electron chi connectivity index (χ2n) is 8.38. The fourth-order valence-electron chi connectivity index (χ4n) is 4.21. The average Bonchev–Trinajstić information content (AvgIpc) is 3.15. The molecular formula is C21H32F2N4O. The van der Waals surface area contributed by atoms with Crippen molar-refractivity contribution in [2.24, 2.45) is 11.8 Å². The van der Waals surface area contributed by atoms with Crippen molar-refractivity contribution in [3.05, 3.63) is 29.8 Å². The molecule has 0 aromatic heterocycles. The van der Waals surface area contributed by atoms with Crippen LogP contribution in [-0.2, 0) is 0 Å². The highest BCUT2D eigenvalue weighted by atomic mass is 19.2. The number of anilines is 1. The molecular weight excluding hydrogens is 362 g/mol. The number of nitrogens with zero attached hydrogens (tertiary/aromatic N) is 2. The molecule has 0 radical (unpaired) electrons. The van der Waals surface area contributed by atoms with Gasteiger partial charge in [-0.2, -0.15) is 0 Å². The number of halogens is 2. The lowest BCUT2D eigenvalue weighted by atomic mass is 9.99. The summed E-state index contributed by atoms with van der Waals surface area (Å²) in [5.41, 5.74) is 0.690. The van der Waals surface area contributed by atoms with E-state index in [9.17, 15) is 13.6 Å². The van der Waals surface area contributed by atoms with Gasteiger partial charge in [-0.25, -0.2) is 13.6 Å². The lowest BCUT2D eigenvalue weighted by Crippen LogP contribution is -2.48. The van der Waals surface area contributed by atoms with Gasteiger partial charge in [0.15, 0.2) is 11.6 Å². The summed E-state index contributed by atoms with van der Waals surface area (Å²) in [7, 11) is 0. The third-order valence-electron chi connectivity index (χ3n) is 5.98. The Hall–Kier alpha value is -1.89. The van der Waals surface area contributed by atoms with Crippen molar-refractivity contribution in [2.75, 3.05) is 44.2 Å². The van der Waals surface area contributed by atoms with Gasteiger partial charge in [-0.1, -0.05) is 6.92 Å². The van der Waals surface area contributed by atoms with E-state index >= 15 is 0 Å². The second kappa shape index (κ2) is 9.54. The molecule has 2 amide bonds. The Balaban J connectivity index is 1.36. The van der Waals surface area contributed by atoms with Gasteiger partial charge in [0.25, 0.3) is 0 Å². The molecule has 1 aromatic carbocycles. The number of likely N-dealkylation sites (tertiary alicyclic amines) is 1. The van der Waals surface area contributed by atoms with Crippen LogP contribution in [0.4, 0.5) is 19.3 Å². The molecule has 5 nitrogen and oxygen atoms in total. The van der Waals surface area contributed by atoms with Crippen LogP contribution in [0.2, 0.25) is 0 Å². The molecule has 2 N–H and O–H groups in total. The zero-order chi connectivity index (χ0) is 20.1. The third kappa shape index (κ3) is 5.56. The number of hydrogen-bond acceptors (Lipinski definition) is 3. The fourth-order valence-corrected chi connectivity index (χ4v) is 4.21. The largest absolute Gasteiger partial charge is 0.371 e. The van der Waals surface area contributed by atoms with E-state index in [-0.39, 0.29) is 6.03 Å². The van der Waals surface area contributed by atoms with Crippen molar-refractivity contribution in [1.29, 1.82) is 0 Å². The Kier molecular flexibility index (Phi) is 7.10. The number of amides is 2. The first-order valence-corrected chi connectivity index (χ1v) is 10.4. The van der Waals surface area contributed by atoms with Gasteiger partial charge in [-0.15, -0.1) is 0 Å². The van der Waals surface area contributed by atoms with Crippen LogP contribution in [0.15, 0.2) is 18.2 Å². The van der Waals surface area contributed by atoms with Crippen LogP contribution in [0.3, 0.4) is 0 Å². The van der Waals surface area contributed by atoms with Crippen molar-refractivity contribution in [1.82, 2.24) is 15.5 Å². The fraction of sp³-hybridized carbons (Fsp3) is 0.667. The van der Waals surface area contributed by atoms with E-state index < -0.39 is 11.6 Å².